The molecule has 2 saturated heterocycles. The van der Waals surface area contributed by atoms with Gasteiger partial charge in [0.15, 0.2) is 9.84 Å². The van der Waals surface area contributed by atoms with Crippen LogP contribution in [0.4, 0.5) is 0 Å². The number of hydrogen-bond donors (Lipinski definition) is 1. The molecule has 0 aromatic carbocycles. The van der Waals surface area contributed by atoms with E-state index in [9.17, 15) is 8.42 Å². The highest BCUT2D eigenvalue weighted by atomic mass is 32.2. The fourth-order valence-corrected chi connectivity index (χ4v) is 5.63. The third-order valence-corrected chi connectivity index (χ3v) is 6.37. The van der Waals surface area contributed by atoms with E-state index < -0.39 is 9.84 Å². The van der Waals surface area contributed by atoms with Crippen LogP contribution in [0.15, 0.2) is 0 Å². The highest BCUT2D eigenvalue weighted by Gasteiger charge is 2.43. The zero-order valence-electron chi connectivity index (χ0n) is 12.5. The van der Waals surface area contributed by atoms with Gasteiger partial charge in [-0.05, 0) is 45.2 Å². The smallest absolute Gasteiger partial charge is 0.152 e. The Morgan fingerprint density at radius 2 is 2.16 bits per heavy atom. The Morgan fingerprint density at radius 1 is 1.42 bits per heavy atom. The molecule has 0 amide bonds. The monoisotopic (exact) mass is 288 g/mol. The summed E-state index contributed by atoms with van der Waals surface area (Å²) in [5, 5.41) is 3.61. The number of hydrogen-bond acceptors (Lipinski definition) is 4. The summed E-state index contributed by atoms with van der Waals surface area (Å²) in [5.74, 6) is 1.38. The van der Waals surface area contributed by atoms with Crippen LogP contribution in [0.3, 0.4) is 0 Å². The van der Waals surface area contributed by atoms with Crippen molar-refractivity contribution < 1.29 is 8.42 Å². The summed E-state index contributed by atoms with van der Waals surface area (Å²) in [4.78, 5) is 2.44. The molecule has 2 aliphatic rings. The molecule has 2 unspecified atom stereocenters. The maximum absolute atomic E-state index is 11.8. The Balaban J connectivity index is 2.06. The van der Waals surface area contributed by atoms with Gasteiger partial charge in [-0.2, -0.15) is 0 Å². The zero-order valence-corrected chi connectivity index (χ0v) is 13.3. The van der Waals surface area contributed by atoms with Crippen LogP contribution in [0.5, 0.6) is 0 Å². The van der Waals surface area contributed by atoms with Gasteiger partial charge < -0.3 is 5.32 Å². The van der Waals surface area contributed by atoms with Crippen LogP contribution in [-0.4, -0.2) is 56.0 Å². The lowest BCUT2D eigenvalue weighted by atomic mass is 9.96. The number of nitrogens with one attached hydrogen (secondary N) is 1. The van der Waals surface area contributed by atoms with Crippen molar-refractivity contribution in [2.75, 3.05) is 31.1 Å². The third kappa shape index (κ3) is 3.92. The van der Waals surface area contributed by atoms with Gasteiger partial charge in [0.2, 0.25) is 0 Å². The molecular formula is C14H28N2O2S. The molecular weight excluding hydrogens is 260 g/mol. The van der Waals surface area contributed by atoms with Gasteiger partial charge in [-0.1, -0.05) is 13.8 Å². The van der Waals surface area contributed by atoms with Gasteiger partial charge in [-0.3, -0.25) is 4.90 Å². The number of rotatable bonds is 3. The first-order valence-electron chi connectivity index (χ1n) is 7.50. The van der Waals surface area contributed by atoms with Crippen LogP contribution in [-0.2, 0) is 9.84 Å². The lowest BCUT2D eigenvalue weighted by Gasteiger charge is -2.38. The van der Waals surface area contributed by atoms with E-state index in [2.05, 4.69) is 31.0 Å². The summed E-state index contributed by atoms with van der Waals surface area (Å²) in [6, 6.07) is 0.502. The molecule has 0 bridgehead atoms. The van der Waals surface area contributed by atoms with Crippen molar-refractivity contribution in [3.63, 3.8) is 0 Å². The minimum Gasteiger partial charge on any atom is -0.313 e. The summed E-state index contributed by atoms with van der Waals surface area (Å²) in [6.45, 7) is 9.70. The highest BCUT2D eigenvalue weighted by Crippen LogP contribution is 2.30. The van der Waals surface area contributed by atoms with Gasteiger partial charge in [-0.25, -0.2) is 8.42 Å². The fourth-order valence-electron chi connectivity index (χ4n) is 3.46. The predicted molar refractivity (Wildman–Crippen MR) is 79.1 cm³/mol. The van der Waals surface area contributed by atoms with Crippen molar-refractivity contribution in [1.29, 1.82) is 0 Å². The van der Waals surface area contributed by atoms with Gasteiger partial charge in [0.1, 0.15) is 0 Å². The van der Waals surface area contributed by atoms with Gasteiger partial charge in [0.05, 0.1) is 11.5 Å². The standard InChI is InChI=1S/C14H28N2O2S/c1-12(2)9-13-10-16(7-4-6-15-13)14(3)5-8-19(17,18)11-14/h12-13,15H,4-11H2,1-3H3. The molecule has 2 aliphatic heterocycles. The fraction of sp³-hybridized carbons (Fsp3) is 1.00. The molecule has 19 heavy (non-hydrogen) atoms. The zero-order chi connectivity index (χ0) is 14.1. The molecule has 0 aromatic rings. The largest absolute Gasteiger partial charge is 0.313 e. The molecule has 2 atom stereocenters. The van der Waals surface area contributed by atoms with Crippen LogP contribution >= 0.6 is 0 Å². The van der Waals surface area contributed by atoms with E-state index in [1.807, 2.05) is 0 Å². The summed E-state index contributed by atoms with van der Waals surface area (Å²) >= 11 is 0. The minimum atomic E-state index is -2.82. The average molecular weight is 288 g/mol. The Labute approximate surface area is 117 Å². The first-order valence-corrected chi connectivity index (χ1v) is 9.32. The van der Waals surface area contributed by atoms with Crippen molar-refractivity contribution in [3.8, 4) is 0 Å². The van der Waals surface area contributed by atoms with E-state index in [1.165, 1.54) is 6.42 Å². The molecule has 5 heteroatoms. The maximum Gasteiger partial charge on any atom is 0.152 e. The average Bonchev–Trinajstić information content (AvgIpc) is 2.49. The lowest BCUT2D eigenvalue weighted by Crippen LogP contribution is -2.51. The topological polar surface area (TPSA) is 49.4 Å². The minimum absolute atomic E-state index is 0.139. The van der Waals surface area contributed by atoms with E-state index in [4.69, 9.17) is 0 Å². The first kappa shape index (κ1) is 15.3. The van der Waals surface area contributed by atoms with Crippen LogP contribution in [0.1, 0.15) is 40.0 Å². The normalized spacial score (nSPS) is 36.5. The van der Waals surface area contributed by atoms with E-state index in [0.29, 0.717) is 23.5 Å². The van der Waals surface area contributed by atoms with E-state index in [-0.39, 0.29) is 5.54 Å². The quantitative estimate of drug-likeness (QED) is 0.850. The van der Waals surface area contributed by atoms with Crippen molar-refractivity contribution in [2.45, 2.75) is 51.6 Å². The third-order valence-electron chi connectivity index (χ3n) is 4.48. The Hall–Kier alpha value is -0.130. The second kappa shape index (κ2) is 5.70. The van der Waals surface area contributed by atoms with Gasteiger partial charge in [-0.15, -0.1) is 0 Å². The summed E-state index contributed by atoms with van der Waals surface area (Å²) in [7, 11) is -2.82. The summed E-state index contributed by atoms with van der Waals surface area (Å²) in [6.07, 6.45) is 3.08. The highest BCUT2D eigenvalue weighted by molar-refractivity contribution is 7.91. The molecule has 4 nitrogen and oxygen atoms in total. The Bertz CT molecular complexity index is 408. The van der Waals surface area contributed by atoms with E-state index >= 15 is 0 Å². The van der Waals surface area contributed by atoms with Crippen molar-refractivity contribution >= 4 is 9.84 Å². The van der Waals surface area contributed by atoms with Crippen LogP contribution in [0.2, 0.25) is 0 Å². The lowest BCUT2D eigenvalue weighted by molar-refractivity contribution is 0.120. The molecule has 0 saturated carbocycles. The second-order valence-electron chi connectivity index (χ2n) is 6.92. The van der Waals surface area contributed by atoms with Crippen LogP contribution < -0.4 is 5.32 Å². The van der Waals surface area contributed by atoms with Gasteiger partial charge in [0.25, 0.3) is 0 Å². The SMILES string of the molecule is CC(C)CC1CN(C2(C)CCS(=O)(=O)C2)CCCN1. The molecule has 0 spiro atoms. The molecule has 1 N–H and O–H groups in total. The molecule has 2 heterocycles. The number of nitrogens with zero attached hydrogens (tertiary/aromatic N) is 1. The van der Waals surface area contributed by atoms with Crippen LogP contribution in [0.25, 0.3) is 0 Å². The Kier molecular flexibility index (Phi) is 4.58. The van der Waals surface area contributed by atoms with Gasteiger partial charge >= 0.3 is 0 Å². The molecule has 112 valence electrons. The predicted octanol–water partition coefficient (Wildman–Crippen LogP) is 1.27. The molecule has 2 rings (SSSR count). The molecule has 0 aliphatic carbocycles. The number of sulfone groups is 1. The maximum atomic E-state index is 11.8. The summed E-state index contributed by atoms with van der Waals surface area (Å²) in [5.41, 5.74) is -0.139. The van der Waals surface area contributed by atoms with Crippen molar-refractivity contribution in [3.05, 3.63) is 0 Å². The molecule has 0 aromatic heterocycles. The van der Waals surface area contributed by atoms with E-state index in [0.717, 1.165) is 32.5 Å². The summed E-state index contributed by atoms with van der Waals surface area (Å²) < 4.78 is 23.6. The molecule has 0 radical (unpaired) electrons. The first-order chi connectivity index (χ1) is 8.81. The van der Waals surface area contributed by atoms with Crippen LogP contribution in [0, 0.1) is 5.92 Å². The molecule has 2 fully saturated rings. The van der Waals surface area contributed by atoms with Crippen molar-refractivity contribution in [2.24, 2.45) is 5.92 Å². The van der Waals surface area contributed by atoms with Crippen molar-refractivity contribution in [1.82, 2.24) is 10.2 Å². The van der Waals surface area contributed by atoms with E-state index in [1.54, 1.807) is 0 Å². The Morgan fingerprint density at radius 3 is 2.74 bits per heavy atom. The van der Waals surface area contributed by atoms with Gasteiger partial charge in [0, 0.05) is 18.1 Å². The second-order valence-corrected chi connectivity index (χ2v) is 9.10.